The minimum Gasteiger partial charge on any atom is -0.357 e. The Morgan fingerprint density at radius 2 is 1.63 bits per heavy atom. The third-order valence-corrected chi connectivity index (χ3v) is 5.96. The molecule has 30 heavy (non-hydrogen) atoms. The summed E-state index contributed by atoms with van der Waals surface area (Å²) in [4.78, 5) is 4.73. The molecule has 0 heterocycles. The van der Waals surface area contributed by atoms with E-state index in [4.69, 9.17) is 0 Å². The molecule has 0 amide bonds. The van der Waals surface area contributed by atoms with E-state index in [1.165, 1.54) is 6.07 Å². The van der Waals surface area contributed by atoms with E-state index >= 15 is 0 Å². The number of hydrogen-bond donors (Lipinski definition) is 3. The van der Waals surface area contributed by atoms with Gasteiger partial charge in [-0.1, -0.05) is 36.4 Å². The van der Waals surface area contributed by atoms with Crippen LogP contribution in [0.25, 0.3) is 0 Å². The van der Waals surface area contributed by atoms with Gasteiger partial charge in [0.1, 0.15) is 5.82 Å². The Morgan fingerprint density at radius 3 is 2.27 bits per heavy atom. The van der Waals surface area contributed by atoms with Crippen molar-refractivity contribution in [1.29, 1.82) is 0 Å². The van der Waals surface area contributed by atoms with Crippen molar-refractivity contribution in [3.8, 4) is 0 Å². The lowest BCUT2D eigenvalue weighted by atomic mass is 10.1. The number of benzene rings is 2. The maximum atomic E-state index is 13.8. The predicted octanol–water partition coefficient (Wildman–Crippen LogP) is 3.20. The number of aliphatic imine (C=N–C) groups is 1. The monoisotopic (exact) mass is 434 g/mol. The van der Waals surface area contributed by atoms with Gasteiger partial charge in [0.2, 0.25) is 10.0 Å². The standard InChI is InChI=1S/C22H31FN4O2S/c1-5-24-21(25-15-14-17-10-6-8-12-19(17)23)26-16-18-11-7-9-13-20(18)30(28,29)27-22(2,3)4/h6-13,27H,5,14-16H2,1-4H3,(H2,24,25,26). The molecule has 0 aliphatic rings. The van der Waals surface area contributed by atoms with Crippen molar-refractivity contribution in [2.24, 2.45) is 4.99 Å². The first-order valence-corrected chi connectivity index (χ1v) is 11.5. The molecule has 0 radical (unpaired) electrons. The van der Waals surface area contributed by atoms with Gasteiger partial charge >= 0.3 is 0 Å². The number of hydrogen-bond acceptors (Lipinski definition) is 3. The van der Waals surface area contributed by atoms with E-state index in [0.717, 1.165) is 0 Å². The van der Waals surface area contributed by atoms with E-state index in [2.05, 4.69) is 20.3 Å². The van der Waals surface area contributed by atoms with Gasteiger partial charge in [-0.2, -0.15) is 0 Å². The van der Waals surface area contributed by atoms with Crippen molar-refractivity contribution in [3.63, 3.8) is 0 Å². The Labute approximate surface area is 179 Å². The normalized spacial score (nSPS) is 12.6. The van der Waals surface area contributed by atoms with Crippen molar-refractivity contribution in [1.82, 2.24) is 15.4 Å². The molecule has 0 saturated heterocycles. The zero-order chi connectivity index (χ0) is 22.2. The molecule has 6 nitrogen and oxygen atoms in total. The lowest BCUT2D eigenvalue weighted by Gasteiger charge is -2.21. The molecule has 0 saturated carbocycles. The number of nitrogens with zero attached hydrogens (tertiary/aromatic N) is 1. The Balaban J connectivity index is 2.12. The lowest BCUT2D eigenvalue weighted by Crippen LogP contribution is -2.41. The second-order valence-corrected chi connectivity index (χ2v) is 9.58. The van der Waals surface area contributed by atoms with Crippen molar-refractivity contribution in [3.05, 3.63) is 65.5 Å². The molecule has 0 atom stereocenters. The van der Waals surface area contributed by atoms with Gasteiger partial charge in [-0.25, -0.2) is 22.5 Å². The molecule has 164 valence electrons. The molecule has 2 aromatic rings. The van der Waals surface area contributed by atoms with E-state index in [1.807, 2.05) is 6.92 Å². The van der Waals surface area contributed by atoms with Crippen molar-refractivity contribution >= 4 is 16.0 Å². The maximum absolute atomic E-state index is 13.8. The fourth-order valence-electron chi connectivity index (χ4n) is 2.88. The Hall–Kier alpha value is -2.45. The molecule has 0 spiro atoms. The minimum absolute atomic E-state index is 0.191. The fourth-order valence-corrected chi connectivity index (χ4v) is 4.53. The van der Waals surface area contributed by atoms with E-state index in [9.17, 15) is 12.8 Å². The molecule has 3 N–H and O–H groups in total. The molecule has 0 aliphatic heterocycles. The Morgan fingerprint density at radius 1 is 1.00 bits per heavy atom. The summed E-state index contributed by atoms with van der Waals surface area (Å²) in [6.07, 6.45) is 0.511. The highest BCUT2D eigenvalue weighted by atomic mass is 32.2. The number of halogens is 1. The van der Waals surface area contributed by atoms with Crippen LogP contribution in [0.15, 0.2) is 58.4 Å². The van der Waals surface area contributed by atoms with E-state index < -0.39 is 15.6 Å². The van der Waals surface area contributed by atoms with Gasteiger partial charge in [0.25, 0.3) is 0 Å². The maximum Gasteiger partial charge on any atom is 0.241 e. The second-order valence-electron chi connectivity index (χ2n) is 7.93. The van der Waals surface area contributed by atoms with Crippen LogP contribution in [0.1, 0.15) is 38.8 Å². The summed E-state index contributed by atoms with van der Waals surface area (Å²) in [5, 5.41) is 6.30. The third kappa shape index (κ3) is 7.42. The molecule has 0 bridgehead atoms. The topological polar surface area (TPSA) is 82.6 Å². The van der Waals surface area contributed by atoms with Crippen molar-refractivity contribution in [2.45, 2.75) is 51.1 Å². The Bertz CT molecular complexity index is 969. The minimum atomic E-state index is -3.67. The summed E-state index contributed by atoms with van der Waals surface area (Å²) in [6, 6.07) is 13.5. The van der Waals surface area contributed by atoms with Crippen LogP contribution in [0.2, 0.25) is 0 Å². The second kappa shape index (κ2) is 10.5. The van der Waals surface area contributed by atoms with Crippen LogP contribution in [0.3, 0.4) is 0 Å². The summed E-state index contributed by atoms with van der Waals surface area (Å²) in [6.45, 7) is 8.68. The van der Waals surface area contributed by atoms with Crippen LogP contribution in [-0.2, 0) is 23.0 Å². The molecular formula is C22H31FN4O2S. The third-order valence-electron chi connectivity index (χ3n) is 4.10. The zero-order valence-electron chi connectivity index (χ0n) is 18.0. The predicted molar refractivity (Wildman–Crippen MR) is 119 cm³/mol. The molecule has 0 aliphatic carbocycles. The highest BCUT2D eigenvalue weighted by Crippen LogP contribution is 2.18. The SMILES string of the molecule is CCNC(=NCc1ccccc1S(=O)(=O)NC(C)(C)C)NCCc1ccccc1F. The highest BCUT2D eigenvalue weighted by Gasteiger charge is 2.24. The van der Waals surface area contributed by atoms with Crippen LogP contribution in [0, 0.1) is 5.82 Å². The number of nitrogens with one attached hydrogen (secondary N) is 3. The largest absolute Gasteiger partial charge is 0.357 e. The summed E-state index contributed by atoms with van der Waals surface area (Å²) in [7, 11) is -3.67. The van der Waals surface area contributed by atoms with E-state index in [1.54, 1.807) is 63.2 Å². The first-order chi connectivity index (χ1) is 14.1. The number of guanidine groups is 1. The molecule has 0 fully saturated rings. The van der Waals surface area contributed by atoms with Crippen LogP contribution in [-0.4, -0.2) is 33.0 Å². The van der Waals surface area contributed by atoms with Crippen molar-refractivity contribution in [2.75, 3.05) is 13.1 Å². The molecule has 8 heteroatoms. The average Bonchev–Trinajstić information content (AvgIpc) is 2.66. The van der Waals surface area contributed by atoms with Crippen LogP contribution < -0.4 is 15.4 Å². The highest BCUT2D eigenvalue weighted by molar-refractivity contribution is 7.89. The molecular weight excluding hydrogens is 403 g/mol. The quantitative estimate of drug-likeness (QED) is 0.440. The zero-order valence-corrected chi connectivity index (χ0v) is 18.8. The van der Waals surface area contributed by atoms with E-state index in [-0.39, 0.29) is 17.3 Å². The van der Waals surface area contributed by atoms with Gasteiger partial charge in [-0.3, -0.25) is 0 Å². The van der Waals surface area contributed by atoms with Crippen LogP contribution in [0.5, 0.6) is 0 Å². The summed E-state index contributed by atoms with van der Waals surface area (Å²) in [5.41, 5.74) is 0.643. The van der Waals surface area contributed by atoms with E-state index in [0.29, 0.717) is 36.6 Å². The number of sulfonamides is 1. The van der Waals surface area contributed by atoms with Gasteiger partial charge in [-0.05, 0) is 57.4 Å². The molecule has 0 aromatic heterocycles. The number of rotatable bonds is 8. The average molecular weight is 435 g/mol. The summed E-state index contributed by atoms with van der Waals surface area (Å²) in [5.74, 6) is 0.316. The first-order valence-electron chi connectivity index (χ1n) is 10.00. The Kier molecular flexibility index (Phi) is 8.37. The summed E-state index contributed by atoms with van der Waals surface area (Å²) < 4.78 is 42.0. The van der Waals surface area contributed by atoms with Gasteiger partial charge < -0.3 is 10.6 Å². The van der Waals surface area contributed by atoms with Crippen LogP contribution >= 0.6 is 0 Å². The molecule has 0 unspecified atom stereocenters. The molecule has 2 rings (SSSR count). The molecule has 2 aromatic carbocycles. The van der Waals surface area contributed by atoms with Gasteiger partial charge in [-0.15, -0.1) is 0 Å². The van der Waals surface area contributed by atoms with Crippen molar-refractivity contribution < 1.29 is 12.8 Å². The van der Waals surface area contributed by atoms with Crippen LogP contribution in [0.4, 0.5) is 4.39 Å². The van der Waals surface area contributed by atoms with Gasteiger partial charge in [0.15, 0.2) is 5.96 Å². The van der Waals surface area contributed by atoms with Gasteiger partial charge in [0, 0.05) is 18.6 Å². The lowest BCUT2D eigenvalue weighted by molar-refractivity contribution is 0.491. The fraction of sp³-hybridized carbons (Fsp3) is 0.409. The summed E-state index contributed by atoms with van der Waals surface area (Å²) >= 11 is 0. The smallest absolute Gasteiger partial charge is 0.241 e. The first kappa shape index (κ1) is 23.8. The van der Waals surface area contributed by atoms with Gasteiger partial charge in [0.05, 0.1) is 11.4 Å².